The van der Waals surface area contributed by atoms with Crippen LogP contribution in [0.1, 0.15) is 24.2 Å². The second-order valence-corrected chi connectivity index (χ2v) is 6.67. The second kappa shape index (κ2) is 8.03. The predicted molar refractivity (Wildman–Crippen MR) is 105 cm³/mol. The lowest BCUT2D eigenvalue weighted by molar-refractivity contribution is 0.0949. The Balaban J connectivity index is 2.05. The summed E-state index contributed by atoms with van der Waals surface area (Å²) in [6.45, 7) is 4.76. The number of ether oxygens (including phenoxy) is 2. The van der Waals surface area contributed by atoms with Gasteiger partial charge in [-0.05, 0) is 29.7 Å². The van der Waals surface area contributed by atoms with Gasteiger partial charge in [-0.25, -0.2) is 0 Å². The maximum absolute atomic E-state index is 12.4. The number of methoxy groups -OCH3 is 2. The number of hydrogen-bond donors (Lipinski definition) is 1. The number of rotatable bonds is 6. The van der Waals surface area contributed by atoms with Crippen molar-refractivity contribution >= 4 is 16.8 Å². The molecule has 1 heterocycles. The maximum atomic E-state index is 12.4. The summed E-state index contributed by atoms with van der Waals surface area (Å²) in [7, 11) is 3.18. The average Bonchev–Trinajstić information content (AvgIpc) is 2.70. The first-order valence-electron chi connectivity index (χ1n) is 8.79. The van der Waals surface area contributed by atoms with Gasteiger partial charge in [0.1, 0.15) is 0 Å². The molecular formula is C21H23N3O3. The van der Waals surface area contributed by atoms with Crippen molar-refractivity contribution in [1.29, 1.82) is 0 Å². The van der Waals surface area contributed by atoms with Crippen LogP contribution in [0.15, 0.2) is 42.6 Å². The summed E-state index contributed by atoms with van der Waals surface area (Å²) in [6.07, 6.45) is 1.69. The van der Waals surface area contributed by atoms with Crippen molar-refractivity contribution < 1.29 is 14.3 Å². The molecule has 1 amide bonds. The lowest BCUT2D eigenvalue weighted by Crippen LogP contribution is -2.27. The summed E-state index contributed by atoms with van der Waals surface area (Å²) in [6, 6.07) is 11.2. The van der Waals surface area contributed by atoms with Crippen LogP contribution in [-0.2, 0) is 0 Å². The molecule has 6 nitrogen and oxygen atoms in total. The van der Waals surface area contributed by atoms with Gasteiger partial charge in [0.25, 0.3) is 5.91 Å². The van der Waals surface area contributed by atoms with E-state index in [9.17, 15) is 4.79 Å². The maximum Gasteiger partial charge on any atom is 0.251 e. The Morgan fingerprint density at radius 3 is 2.56 bits per heavy atom. The quantitative estimate of drug-likeness (QED) is 0.721. The van der Waals surface area contributed by atoms with Crippen molar-refractivity contribution in [3.63, 3.8) is 0 Å². The summed E-state index contributed by atoms with van der Waals surface area (Å²) in [4.78, 5) is 12.4. The number of nitrogens with zero attached hydrogens (tertiary/aromatic N) is 2. The van der Waals surface area contributed by atoms with Crippen molar-refractivity contribution in [3.05, 3.63) is 48.2 Å². The van der Waals surface area contributed by atoms with Crippen LogP contribution in [0, 0.1) is 5.92 Å². The minimum atomic E-state index is -0.0869. The van der Waals surface area contributed by atoms with E-state index in [-0.39, 0.29) is 5.91 Å². The smallest absolute Gasteiger partial charge is 0.251 e. The SMILES string of the molecule is COc1cc2nncc(-c3cccc(C(=O)NCC(C)C)c3)c2cc1OC. The van der Waals surface area contributed by atoms with E-state index in [1.165, 1.54) is 0 Å². The standard InChI is InChI=1S/C21H23N3O3/c1-13(2)11-22-21(25)15-7-5-6-14(8-15)17-12-23-24-18-10-20(27-4)19(26-3)9-16(17)18/h5-10,12-13H,11H2,1-4H3,(H,22,25). The number of fused-ring (bicyclic) bond motifs is 1. The van der Waals surface area contributed by atoms with Crippen molar-refractivity contribution in [2.75, 3.05) is 20.8 Å². The molecule has 0 aliphatic heterocycles. The summed E-state index contributed by atoms with van der Waals surface area (Å²) in [5.41, 5.74) is 3.07. The fraction of sp³-hybridized carbons (Fsp3) is 0.286. The van der Waals surface area contributed by atoms with Gasteiger partial charge in [-0.15, -0.1) is 0 Å². The van der Waals surface area contributed by atoms with Crippen LogP contribution in [0.4, 0.5) is 0 Å². The summed E-state index contributed by atoms with van der Waals surface area (Å²) >= 11 is 0. The first kappa shape index (κ1) is 18.6. The van der Waals surface area contributed by atoms with Gasteiger partial charge < -0.3 is 14.8 Å². The monoisotopic (exact) mass is 365 g/mol. The molecular weight excluding hydrogens is 342 g/mol. The highest BCUT2D eigenvalue weighted by atomic mass is 16.5. The topological polar surface area (TPSA) is 73.3 Å². The van der Waals surface area contributed by atoms with Crippen molar-refractivity contribution in [3.8, 4) is 22.6 Å². The molecule has 0 aliphatic carbocycles. The Bertz CT molecular complexity index is 970. The second-order valence-electron chi connectivity index (χ2n) is 6.67. The summed E-state index contributed by atoms with van der Waals surface area (Å²) in [5.74, 6) is 1.52. The fourth-order valence-corrected chi connectivity index (χ4v) is 2.84. The Kier molecular flexibility index (Phi) is 5.54. The summed E-state index contributed by atoms with van der Waals surface area (Å²) in [5, 5.41) is 12.1. The first-order chi connectivity index (χ1) is 13.0. The van der Waals surface area contributed by atoms with Gasteiger partial charge in [0, 0.05) is 29.1 Å². The van der Waals surface area contributed by atoms with Gasteiger partial charge in [0.2, 0.25) is 0 Å². The average molecular weight is 365 g/mol. The number of hydrogen-bond acceptors (Lipinski definition) is 5. The molecule has 0 saturated heterocycles. The number of nitrogens with one attached hydrogen (secondary N) is 1. The fourth-order valence-electron chi connectivity index (χ4n) is 2.84. The van der Waals surface area contributed by atoms with Gasteiger partial charge >= 0.3 is 0 Å². The van der Waals surface area contributed by atoms with Gasteiger partial charge in [-0.2, -0.15) is 10.2 Å². The third-order valence-electron chi connectivity index (χ3n) is 4.25. The minimum Gasteiger partial charge on any atom is -0.493 e. The van der Waals surface area contributed by atoms with Crippen LogP contribution in [0.2, 0.25) is 0 Å². The van der Waals surface area contributed by atoms with Crippen LogP contribution >= 0.6 is 0 Å². The first-order valence-corrected chi connectivity index (χ1v) is 8.79. The zero-order chi connectivity index (χ0) is 19.4. The van der Waals surface area contributed by atoms with Gasteiger partial charge in [-0.1, -0.05) is 26.0 Å². The molecule has 0 spiro atoms. The zero-order valence-electron chi connectivity index (χ0n) is 15.9. The Morgan fingerprint density at radius 2 is 1.85 bits per heavy atom. The van der Waals surface area contributed by atoms with E-state index in [2.05, 4.69) is 29.4 Å². The van der Waals surface area contributed by atoms with E-state index in [1.807, 2.05) is 24.3 Å². The van der Waals surface area contributed by atoms with E-state index in [1.54, 1.807) is 32.5 Å². The summed E-state index contributed by atoms with van der Waals surface area (Å²) < 4.78 is 10.8. The number of carbonyl (C=O) groups excluding carboxylic acids is 1. The van der Waals surface area contributed by atoms with E-state index in [4.69, 9.17) is 9.47 Å². The molecule has 0 saturated carbocycles. The molecule has 1 N–H and O–H groups in total. The Hall–Kier alpha value is -3.15. The molecule has 0 aliphatic rings. The van der Waals surface area contributed by atoms with E-state index in [0.717, 1.165) is 16.5 Å². The third-order valence-corrected chi connectivity index (χ3v) is 4.25. The molecule has 3 rings (SSSR count). The number of benzene rings is 2. The molecule has 0 unspecified atom stereocenters. The van der Waals surface area contributed by atoms with E-state index < -0.39 is 0 Å². The van der Waals surface area contributed by atoms with E-state index in [0.29, 0.717) is 35.0 Å². The van der Waals surface area contributed by atoms with Crippen molar-refractivity contribution in [1.82, 2.24) is 15.5 Å². The molecule has 2 aromatic carbocycles. The van der Waals surface area contributed by atoms with Crippen molar-refractivity contribution in [2.24, 2.45) is 5.92 Å². The molecule has 0 radical (unpaired) electrons. The highest BCUT2D eigenvalue weighted by Crippen LogP contribution is 2.35. The largest absolute Gasteiger partial charge is 0.493 e. The molecule has 140 valence electrons. The molecule has 1 aromatic heterocycles. The Morgan fingerprint density at radius 1 is 1.11 bits per heavy atom. The normalized spacial score (nSPS) is 10.9. The molecule has 27 heavy (non-hydrogen) atoms. The van der Waals surface area contributed by atoms with Crippen LogP contribution in [0.25, 0.3) is 22.0 Å². The van der Waals surface area contributed by atoms with Gasteiger partial charge in [-0.3, -0.25) is 4.79 Å². The van der Waals surface area contributed by atoms with Crippen LogP contribution in [0.3, 0.4) is 0 Å². The highest BCUT2D eigenvalue weighted by Gasteiger charge is 2.13. The highest BCUT2D eigenvalue weighted by molar-refractivity contribution is 5.99. The zero-order valence-corrected chi connectivity index (χ0v) is 15.9. The van der Waals surface area contributed by atoms with Crippen LogP contribution in [0.5, 0.6) is 11.5 Å². The van der Waals surface area contributed by atoms with E-state index >= 15 is 0 Å². The van der Waals surface area contributed by atoms with Crippen molar-refractivity contribution in [2.45, 2.75) is 13.8 Å². The molecule has 0 fully saturated rings. The van der Waals surface area contributed by atoms with Crippen LogP contribution in [-0.4, -0.2) is 36.9 Å². The molecule has 0 atom stereocenters. The molecule has 0 bridgehead atoms. The molecule has 6 heteroatoms. The number of aromatic nitrogens is 2. The van der Waals surface area contributed by atoms with Gasteiger partial charge in [0.15, 0.2) is 11.5 Å². The third kappa shape index (κ3) is 4.00. The minimum absolute atomic E-state index is 0.0869. The lowest BCUT2D eigenvalue weighted by atomic mass is 10.00. The number of carbonyl (C=O) groups is 1. The lowest BCUT2D eigenvalue weighted by Gasteiger charge is -2.12. The number of amides is 1. The van der Waals surface area contributed by atoms with Gasteiger partial charge in [0.05, 0.1) is 25.9 Å². The Labute approximate surface area is 158 Å². The van der Waals surface area contributed by atoms with Crippen LogP contribution < -0.4 is 14.8 Å². The molecule has 3 aromatic rings. The predicted octanol–water partition coefficient (Wildman–Crippen LogP) is 3.70.